The molecule has 88 valence electrons. The molecule has 0 aromatic carbocycles. The van der Waals surface area contributed by atoms with Crippen LogP contribution in [0.15, 0.2) is 0 Å². The third kappa shape index (κ3) is 1.71. The molecule has 0 spiro atoms. The zero-order chi connectivity index (χ0) is 11.7. The number of nitrogens with zero attached hydrogens (tertiary/aromatic N) is 2. The lowest BCUT2D eigenvalue weighted by Crippen LogP contribution is -2.20. The maximum Gasteiger partial charge on any atom is 0.356 e. The summed E-state index contributed by atoms with van der Waals surface area (Å²) >= 11 is 0. The van der Waals surface area contributed by atoms with Crippen molar-refractivity contribution >= 4 is 5.97 Å². The number of imidazole rings is 1. The van der Waals surface area contributed by atoms with Crippen LogP contribution in [0.25, 0.3) is 0 Å². The van der Waals surface area contributed by atoms with Gasteiger partial charge in [0.25, 0.3) is 0 Å². The maximum atomic E-state index is 11.0. The van der Waals surface area contributed by atoms with Crippen molar-refractivity contribution in [3.8, 4) is 0 Å². The summed E-state index contributed by atoms with van der Waals surface area (Å²) in [6.07, 6.45) is 3.18. The van der Waals surface area contributed by atoms with Gasteiger partial charge in [-0.05, 0) is 25.7 Å². The average molecular weight is 224 g/mol. The number of carboxylic acid groups (broad SMARTS) is 1. The molecule has 1 aromatic heterocycles. The lowest BCUT2D eigenvalue weighted by Gasteiger charge is -2.23. The predicted molar refractivity (Wildman–Crippen MR) is 57.4 cm³/mol. The molecule has 2 rings (SSSR count). The van der Waals surface area contributed by atoms with Crippen molar-refractivity contribution in [2.75, 3.05) is 0 Å². The number of carboxylic acids is 1. The van der Waals surface area contributed by atoms with Gasteiger partial charge in [-0.25, -0.2) is 9.78 Å². The Hall–Kier alpha value is -1.36. The van der Waals surface area contributed by atoms with E-state index in [9.17, 15) is 9.90 Å². The Morgan fingerprint density at radius 2 is 2.38 bits per heavy atom. The van der Waals surface area contributed by atoms with Crippen LogP contribution < -0.4 is 0 Å². The second-order valence-corrected chi connectivity index (χ2v) is 4.12. The third-order valence-corrected chi connectivity index (χ3v) is 2.93. The number of aliphatic hydroxyl groups excluding tert-OH is 1. The van der Waals surface area contributed by atoms with Gasteiger partial charge in [0.15, 0.2) is 5.69 Å². The quantitative estimate of drug-likeness (QED) is 0.812. The van der Waals surface area contributed by atoms with Crippen LogP contribution in [0.1, 0.15) is 54.4 Å². The van der Waals surface area contributed by atoms with Crippen molar-refractivity contribution < 1.29 is 15.0 Å². The number of rotatable bonds is 3. The van der Waals surface area contributed by atoms with Crippen molar-refractivity contribution in [1.82, 2.24) is 9.55 Å². The smallest absolute Gasteiger partial charge is 0.356 e. The van der Waals surface area contributed by atoms with E-state index in [2.05, 4.69) is 4.98 Å². The van der Waals surface area contributed by atoms with E-state index in [0.717, 1.165) is 12.8 Å². The highest BCUT2D eigenvalue weighted by Crippen LogP contribution is 2.27. The minimum Gasteiger partial charge on any atom is -0.476 e. The largest absolute Gasteiger partial charge is 0.476 e. The molecule has 5 nitrogen and oxygen atoms in total. The van der Waals surface area contributed by atoms with Crippen molar-refractivity contribution in [3.05, 3.63) is 17.2 Å². The first kappa shape index (κ1) is 11.1. The molecule has 0 saturated heterocycles. The van der Waals surface area contributed by atoms with Crippen LogP contribution in [-0.2, 0) is 12.8 Å². The normalized spacial score (nSPS) is 19.5. The Kier molecular flexibility index (Phi) is 2.96. The number of hydrogen-bond acceptors (Lipinski definition) is 3. The molecule has 1 atom stereocenters. The first-order chi connectivity index (χ1) is 7.65. The molecule has 0 fully saturated rings. The van der Waals surface area contributed by atoms with Gasteiger partial charge >= 0.3 is 5.97 Å². The number of aromatic nitrogens is 2. The second kappa shape index (κ2) is 4.25. The van der Waals surface area contributed by atoms with Gasteiger partial charge in [-0.15, -0.1) is 0 Å². The molecular weight excluding hydrogens is 208 g/mol. The molecular formula is C11H16N2O3. The van der Waals surface area contributed by atoms with Gasteiger partial charge in [-0.2, -0.15) is 0 Å². The third-order valence-electron chi connectivity index (χ3n) is 2.93. The topological polar surface area (TPSA) is 75.3 Å². The van der Waals surface area contributed by atoms with E-state index in [-0.39, 0.29) is 5.69 Å². The summed E-state index contributed by atoms with van der Waals surface area (Å²) in [6, 6.07) is 0. The molecule has 1 aliphatic heterocycles. The molecule has 5 heteroatoms. The van der Waals surface area contributed by atoms with Gasteiger partial charge < -0.3 is 14.8 Å². The predicted octanol–water partition coefficient (Wildman–Crippen LogP) is 1.36. The van der Waals surface area contributed by atoms with Crippen LogP contribution in [0.4, 0.5) is 0 Å². The van der Waals surface area contributed by atoms with Crippen molar-refractivity contribution in [2.45, 2.75) is 45.3 Å². The van der Waals surface area contributed by atoms with Gasteiger partial charge in [-0.3, -0.25) is 0 Å². The molecule has 0 amide bonds. The molecule has 0 radical (unpaired) electrons. The van der Waals surface area contributed by atoms with Gasteiger partial charge in [0.05, 0.1) is 5.69 Å². The Morgan fingerprint density at radius 1 is 1.62 bits per heavy atom. The van der Waals surface area contributed by atoms with Gasteiger partial charge in [0, 0.05) is 6.42 Å². The second-order valence-electron chi connectivity index (χ2n) is 4.12. The van der Waals surface area contributed by atoms with E-state index in [1.807, 2.05) is 6.92 Å². The van der Waals surface area contributed by atoms with Crippen molar-refractivity contribution in [1.29, 1.82) is 0 Å². The van der Waals surface area contributed by atoms with Gasteiger partial charge in [0.2, 0.25) is 0 Å². The molecule has 1 aliphatic rings. The molecule has 1 unspecified atom stereocenters. The average Bonchev–Trinajstić information content (AvgIpc) is 2.59. The molecule has 0 saturated carbocycles. The monoisotopic (exact) mass is 224 g/mol. The highest BCUT2D eigenvalue weighted by Gasteiger charge is 2.27. The fourth-order valence-electron chi connectivity index (χ4n) is 2.26. The summed E-state index contributed by atoms with van der Waals surface area (Å²) in [4.78, 5) is 15.2. The van der Waals surface area contributed by atoms with Crippen molar-refractivity contribution in [3.63, 3.8) is 0 Å². The Morgan fingerprint density at radius 3 is 3.00 bits per heavy atom. The van der Waals surface area contributed by atoms with E-state index >= 15 is 0 Å². The molecule has 2 heterocycles. The lowest BCUT2D eigenvalue weighted by molar-refractivity contribution is 0.0675. The summed E-state index contributed by atoms with van der Waals surface area (Å²) in [7, 11) is 0. The standard InChI is InChI=1S/C11H16N2O3/c1-2-4-8-12-10(11(15)16)7-5-3-6-9(14)13(7)8/h9,14H,2-6H2,1H3,(H,15,16). The van der Waals surface area contributed by atoms with Crippen LogP contribution in [0.5, 0.6) is 0 Å². The van der Waals surface area contributed by atoms with Crippen LogP contribution in [0.2, 0.25) is 0 Å². The molecule has 0 aliphatic carbocycles. The molecule has 0 bridgehead atoms. The minimum absolute atomic E-state index is 0.113. The molecule has 16 heavy (non-hydrogen) atoms. The fraction of sp³-hybridized carbons (Fsp3) is 0.636. The fourth-order valence-corrected chi connectivity index (χ4v) is 2.26. The zero-order valence-corrected chi connectivity index (χ0v) is 9.31. The van der Waals surface area contributed by atoms with Crippen LogP contribution in [-0.4, -0.2) is 25.7 Å². The number of carbonyl (C=O) groups is 1. The zero-order valence-electron chi connectivity index (χ0n) is 9.31. The SMILES string of the molecule is CCCc1nc(C(=O)O)c2n1C(O)CCC2. The van der Waals surface area contributed by atoms with Crippen molar-refractivity contribution in [2.24, 2.45) is 0 Å². The van der Waals surface area contributed by atoms with Crippen LogP contribution in [0.3, 0.4) is 0 Å². The lowest BCUT2D eigenvalue weighted by atomic mass is 10.1. The Bertz CT molecular complexity index is 412. The number of fused-ring (bicyclic) bond motifs is 1. The number of hydrogen-bond donors (Lipinski definition) is 2. The molecule has 1 aromatic rings. The summed E-state index contributed by atoms with van der Waals surface area (Å²) in [5.74, 6) is -0.303. The van der Waals surface area contributed by atoms with Gasteiger partial charge in [-0.1, -0.05) is 6.92 Å². The number of aliphatic hydroxyl groups is 1. The first-order valence-corrected chi connectivity index (χ1v) is 5.66. The minimum atomic E-state index is -1.000. The summed E-state index contributed by atoms with van der Waals surface area (Å²) in [5, 5.41) is 18.9. The Balaban J connectivity index is 2.51. The summed E-state index contributed by atoms with van der Waals surface area (Å²) in [6.45, 7) is 2.01. The highest BCUT2D eigenvalue weighted by molar-refractivity contribution is 5.87. The van der Waals surface area contributed by atoms with E-state index in [1.54, 1.807) is 4.57 Å². The van der Waals surface area contributed by atoms with Crippen LogP contribution >= 0.6 is 0 Å². The molecule has 2 N–H and O–H groups in total. The maximum absolute atomic E-state index is 11.0. The van der Waals surface area contributed by atoms with Gasteiger partial charge in [0.1, 0.15) is 12.1 Å². The summed E-state index contributed by atoms with van der Waals surface area (Å²) in [5.41, 5.74) is 0.789. The van der Waals surface area contributed by atoms with E-state index in [1.165, 1.54) is 0 Å². The van der Waals surface area contributed by atoms with Crippen LogP contribution in [0, 0.1) is 0 Å². The Labute approximate surface area is 93.7 Å². The van der Waals surface area contributed by atoms with E-state index in [0.29, 0.717) is 30.8 Å². The summed E-state index contributed by atoms with van der Waals surface area (Å²) < 4.78 is 1.70. The number of aromatic carboxylic acids is 1. The number of aryl methyl sites for hydroxylation is 1. The highest BCUT2D eigenvalue weighted by atomic mass is 16.4. The van der Waals surface area contributed by atoms with E-state index < -0.39 is 12.2 Å². The first-order valence-electron chi connectivity index (χ1n) is 5.66. The van der Waals surface area contributed by atoms with E-state index in [4.69, 9.17) is 5.11 Å².